The molecule has 1 fully saturated rings. The van der Waals surface area contributed by atoms with Crippen molar-refractivity contribution in [3.8, 4) is 0 Å². The lowest BCUT2D eigenvalue weighted by molar-refractivity contribution is -0.128. The second-order valence-electron chi connectivity index (χ2n) is 7.89. The molecule has 6 heteroatoms. The van der Waals surface area contributed by atoms with Crippen molar-refractivity contribution in [1.29, 1.82) is 0 Å². The van der Waals surface area contributed by atoms with Crippen LogP contribution in [0.4, 0.5) is 17.1 Å². The van der Waals surface area contributed by atoms with E-state index in [0.29, 0.717) is 5.69 Å². The van der Waals surface area contributed by atoms with Crippen LogP contribution in [-0.4, -0.2) is 32.5 Å². The van der Waals surface area contributed by atoms with Crippen LogP contribution >= 0.6 is 15.9 Å². The Kier molecular flexibility index (Phi) is 5.83. The fourth-order valence-electron chi connectivity index (χ4n) is 3.78. The first-order valence-corrected chi connectivity index (χ1v) is 10.9. The quantitative estimate of drug-likeness (QED) is 0.534. The minimum absolute atomic E-state index is 0.00421. The van der Waals surface area contributed by atoms with Gasteiger partial charge in [-0.25, -0.2) is 0 Å². The summed E-state index contributed by atoms with van der Waals surface area (Å²) in [5.41, 5.74) is 4.35. The Morgan fingerprint density at radius 1 is 0.839 bits per heavy atom. The van der Waals surface area contributed by atoms with Crippen molar-refractivity contribution in [3.63, 3.8) is 0 Å². The fraction of sp³-hybridized carbons (Fsp3) is 0.200. The monoisotopic (exact) mass is 477 g/mol. The number of aryl methyl sites for hydroxylation is 1. The number of carbonyl (C=O) groups is 2. The number of amides is 2. The predicted molar refractivity (Wildman–Crippen MR) is 129 cm³/mol. The minimum atomic E-state index is -0.736. The Labute approximate surface area is 191 Å². The highest BCUT2D eigenvalue weighted by molar-refractivity contribution is 9.10. The molecular formula is C25H24BrN3O2. The molecule has 5 nitrogen and oxygen atoms in total. The molecule has 0 saturated carbocycles. The van der Waals surface area contributed by atoms with Gasteiger partial charge in [0.15, 0.2) is 0 Å². The lowest BCUT2D eigenvalue weighted by atomic mass is 9.99. The Balaban J connectivity index is 1.79. The van der Waals surface area contributed by atoms with Gasteiger partial charge in [-0.3, -0.25) is 14.5 Å². The van der Waals surface area contributed by atoms with E-state index in [4.69, 9.17) is 0 Å². The smallest absolute Gasteiger partial charge is 0.255 e. The summed E-state index contributed by atoms with van der Waals surface area (Å²) >= 11 is 3.44. The molecule has 1 saturated heterocycles. The topological polar surface area (TPSA) is 43.9 Å². The first kappa shape index (κ1) is 21.1. The van der Waals surface area contributed by atoms with Gasteiger partial charge >= 0.3 is 0 Å². The summed E-state index contributed by atoms with van der Waals surface area (Å²) in [6, 6.07) is 22.2. The van der Waals surface area contributed by atoms with Crippen molar-refractivity contribution in [1.82, 2.24) is 0 Å². The summed E-state index contributed by atoms with van der Waals surface area (Å²) in [7, 11) is 3.94. The standard InChI is InChI=1S/C25H24BrN3O2/c1-17-4-10-21(11-5-17)28-16-23(30)29(22-14-8-19(26)9-15-22)24(25(28)31)18-6-12-20(13-7-18)27(2)3/h4-15,24H,16H2,1-3H3. The maximum absolute atomic E-state index is 13.7. The third-order valence-electron chi connectivity index (χ3n) is 5.50. The third kappa shape index (κ3) is 4.21. The van der Waals surface area contributed by atoms with Crippen LogP contribution in [0, 0.1) is 6.92 Å². The van der Waals surface area contributed by atoms with Crippen LogP contribution in [0.15, 0.2) is 77.3 Å². The van der Waals surface area contributed by atoms with Gasteiger partial charge in [-0.1, -0.05) is 45.8 Å². The third-order valence-corrected chi connectivity index (χ3v) is 6.02. The van der Waals surface area contributed by atoms with E-state index in [-0.39, 0.29) is 18.4 Å². The number of anilines is 3. The zero-order valence-electron chi connectivity index (χ0n) is 17.7. The molecule has 0 radical (unpaired) electrons. The number of hydrogen-bond donors (Lipinski definition) is 0. The van der Waals surface area contributed by atoms with E-state index in [1.54, 1.807) is 9.80 Å². The second kappa shape index (κ2) is 8.55. The molecule has 0 N–H and O–H groups in total. The van der Waals surface area contributed by atoms with Gasteiger partial charge in [-0.15, -0.1) is 0 Å². The number of hydrogen-bond acceptors (Lipinski definition) is 3. The molecule has 0 aliphatic carbocycles. The average Bonchev–Trinajstić information content (AvgIpc) is 2.76. The Morgan fingerprint density at radius 2 is 1.42 bits per heavy atom. The summed E-state index contributed by atoms with van der Waals surface area (Å²) in [5, 5.41) is 0. The summed E-state index contributed by atoms with van der Waals surface area (Å²) in [6.45, 7) is 2.00. The molecule has 158 valence electrons. The van der Waals surface area contributed by atoms with Gasteiger partial charge in [0.2, 0.25) is 5.91 Å². The van der Waals surface area contributed by atoms with Crippen LogP contribution in [0.2, 0.25) is 0 Å². The van der Waals surface area contributed by atoms with Crippen LogP contribution in [0.1, 0.15) is 17.2 Å². The zero-order valence-corrected chi connectivity index (χ0v) is 19.3. The van der Waals surface area contributed by atoms with E-state index in [1.165, 1.54) is 0 Å². The van der Waals surface area contributed by atoms with Gasteiger partial charge in [0.25, 0.3) is 5.91 Å². The summed E-state index contributed by atoms with van der Waals surface area (Å²) in [6.07, 6.45) is 0. The lowest BCUT2D eigenvalue weighted by Gasteiger charge is -2.40. The number of piperazine rings is 1. The molecule has 1 aliphatic rings. The van der Waals surface area contributed by atoms with Crippen LogP contribution in [0.3, 0.4) is 0 Å². The van der Waals surface area contributed by atoms with Crippen molar-refractivity contribution < 1.29 is 9.59 Å². The van der Waals surface area contributed by atoms with Gasteiger partial charge in [-0.05, 0) is 61.0 Å². The van der Waals surface area contributed by atoms with Crippen LogP contribution < -0.4 is 14.7 Å². The minimum Gasteiger partial charge on any atom is -0.378 e. The number of carbonyl (C=O) groups excluding carboxylic acids is 2. The van der Waals surface area contributed by atoms with Gasteiger partial charge in [0.1, 0.15) is 12.6 Å². The van der Waals surface area contributed by atoms with E-state index in [1.807, 2.05) is 98.7 Å². The molecule has 0 bridgehead atoms. The van der Waals surface area contributed by atoms with Crippen molar-refractivity contribution in [2.45, 2.75) is 13.0 Å². The van der Waals surface area contributed by atoms with Crippen LogP contribution in [0.25, 0.3) is 0 Å². The van der Waals surface area contributed by atoms with E-state index >= 15 is 0 Å². The lowest BCUT2D eigenvalue weighted by Crippen LogP contribution is -2.56. The maximum atomic E-state index is 13.7. The number of rotatable bonds is 4. The van der Waals surface area contributed by atoms with Crippen molar-refractivity contribution >= 4 is 44.8 Å². The number of halogens is 1. The van der Waals surface area contributed by atoms with E-state index < -0.39 is 6.04 Å². The highest BCUT2D eigenvalue weighted by Gasteiger charge is 2.41. The Hall–Kier alpha value is -3.12. The van der Waals surface area contributed by atoms with E-state index in [0.717, 1.165) is 27.0 Å². The number of nitrogens with zero attached hydrogens (tertiary/aromatic N) is 3. The van der Waals surface area contributed by atoms with Crippen LogP contribution in [0.5, 0.6) is 0 Å². The summed E-state index contributed by atoms with van der Waals surface area (Å²) in [4.78, 5) is 32.3. The van der Waals surface area contributed by atoms with E-state index in [9.17, 15) is 9.59 Å². The van der Waals surface area contributed by atoms with Crippen molar-refractivity contribution in [3.05, 3.63) is 88.4 Å². The predicted octanol–water partition coefficient (Wildman–Crippen LogP) is 4.94. The van der Waals surface area contributed by atoms with Gasteiger partial charge in [-0.2, -0.15) is 0 Å². The molecular weight excluding hydrogens is 454 g/mol. The molecule has 3 aromatic rings. The molecule has 2 amide bonds. The van der Waals surface area contributed by atoms with Gasteiger partial charge in [0, 0.05) is 35.6 Å². The molecule has 1 heterocycles. The fourth-order valence-corrected chi connectivity index (χ4v) is 4.04. The zero-order chi connectivity index (χ0) is 22.1. The number of benzene rings is 3. The molecule has 3 aromatic carbocycles. The first-order valence-electron chi connectivity index (χ1n) is 10.1. The van der Waals surface area contributed by atoms with E-state index in [2.05, 4.69) is 15.9 Å². The molecule has 1 unspecified atom stereocenters. The molecule has 4 rings (SSSR count). The highest BCUT2D eigenvalue weighted by Crippen LogP contribution is 2.35. The van der Waals surface area contributed by atoms with Gasteiger partial charge < -0.3 is 9.80 Å². The molecule has 31 heavy (non-hydrogen) atoms. The van der Waals surface area contributed by atoms with Crippen molar-refractivity contribution in [2.24, 2.45) is 0 Å². The molecule has 1 aliphatic heterocycles. The molecule has 1 atom stereocenters. The first-order chi connectivity index (χ1) is 14.8. The summed E-state index contributed by atoms with van der Waals surface area (Å²) in [5.74, 6) is -0.242. The highest BCUT2D eigenvalue weighted by atomic mass is 79.9. The second-order valence-corrected chi connectivity index (χ2v) is 8.80. The maximum Gasteiger partial charge on any atom is 0.255 e. The molecule has 0 aromatic heterocycles. The Bertz CT molecular complexity index is 1090. The largest absolute Gasteiger partial charge is 0.378 e. The van der Waals surface area contributed by atoms with Gasteiger partial charge in [0.05, 0.1) is 0 Å². The summed E-state index contributed by atoms with van der Waals surface area (Å²) < 4.78 is 0.917. The molecule has 0 spiro atoms. The van der Waals surface area contributed by atoms with Crippen LogP contribution in [-0.2, 0) is 9.59 Å². The Morgan fingerprint density at radius 3 is 2.00 bits per heavy atom. The normalized spacial score (nSPS) is 16.6. The SMILES string of the molecule is Cc1ccc(N2CC(=O)N(c3ccc(Br)cc3)C(c3ccc(N(C)C)cc3)C2=O)cc1. The van der Waals surface area contributed by atoms with Crippen molar-refractivity contribution in [2.75, 3.05) is 35.3 Å². The average molecular weight is 478 g/mol.